The Morgan fingerprint density at radius 3 is 2.81 bits per heavy atom. The molecule has 0 unspecified atom stereocenters. The van der Waals surface area contributed by atoms with Crippen molar-refractivity contribution in [3.05, 3.63) is 24.0 Å². The Balaban J connectivity index is 1.84. The lowest BCUT2D eigenvalue weighted by Gasteiger charge is -2.29. The number of nitrogens with two attached hydrogens (primary N) is 1. The smallest absolute Gasteiger partial charge is 0.414 e. The molecule has 3 rings (SSSR count). The van der Waals surface area contributed by atoms with Gasteiger partial charge in [0, 0.05) is 19.6 Å². The van der Waals surface area contributed by atoms with Crippen LogP contribution in [0.1, 0.15) is 5.48 Å². The van der Waals surface area contributed by atoms with Crippen LogP contribution in [0.4, 0.5) is 20.6 Å². The van der Waals surface area contributed by atoms with Gasteiger partial charge in [0.1, 0.15) is 11.9 Å². The lowest BCUT2D eigenvalue weighted by atomic mass is 10.2. The number of carbonyl (C=O) groups excluding carboxylic acids is 1. The van der Waals surface area contributed by atoms with E-state index in [4.69, 9.17) is 20.7 Å². The van der Waals surface area contributed by atoms with E-state index in [9.17, 15) is 9.18 Å². The summed E-state index contributed by atoms with van der Waals surface area (Å²) >= 11 is 0. The number of ether oxygens (including phenoxy) is 2. The molecule has 21 heavy (non-hydrogen) atoms. The zero-order valence-corrected chi connectivity index (χ0v) is 11.2. The number of benzene rings is 1. The van der Waals surface area contributed by atoms with E-state index in [0.717, 1.165) is 6.07 Å². The predicted octanol–water partition coefficient (Wildman–Crippen LogP) is 0.946. The first-order valence-corrected chi connectivity index (χ1v) is 6.53. The number of rotatable bonds is 3. The van der Waals surface area contributed by atoms with Crippen LogP contribution in [0.5, 0.6) is 0 Å². The fourth-order valence-electron chi connectivity index (χ4n) is 2.27. The molecular formula is C14H18FN3O3. The van der Waals surface area contributed by atoms with E-state index in [1.807, 2.05) is 0 Å². The molecule has 7 heteroatoms. The van der Waals surface area contributed by atoms with Crippen molar-refractivity contribution < 1.29 is 24.1 Å². The minimum Gasteiger partial charge on any atom is -0.443 e. The molecule has 1 atom stereocenters. The maximum absolute atomic E-state index is 14.6. The zero-order chi connectivity index (χ0) is 18.4. The van der Waals surface area contributed by atoms with Crippen LogP contribution in [-0.2, 0) is 9.47 Å². The van der Waals surface area contributed by atoms with Crippen molar-refractivity contribution in [2.45, 2.75) is 6.10 Å². The molecule has 0 aliphatic carbocycles. The highest BCUT2D eigenvalue weighted by atomic mass is 19.1. The maximum atomic E-state index is 14.6. The van der Waals surface area contributed by atoms with Crippen molar-refractivity contribution in [2.24, 2.45) is 5.73 Å². The second kappa shape index (κ2) is 5.87. The zero-order valence-electron chi connectivity index (χ0n) is 15.2. The van der Waals surface area contributed by atoms with E-state index < -0.39 is 31.1 Å². The minimum atomic E-state index is -2.25. The Morgan fingerprint density at radius 2 is 2.19 bits per heavy atom. The van der Waals surface area contributed by atoms with E-state index in [1.54, 1.807) is 0 Å². The molecule has 2 aliphatic rings. The van der Waals surface area contributed by atoms with Crippen molar-refractivity contribution in [1.29, 1.82) is 0 Å². The van der Waals surface area contributed by atoms with Crippen LogP contribution >= 0.6 is 0 Å². The van der Waals surface area contributed by atoms with E-state index in [2.05, 4.69) is 0 Å². The SMILES string of the molecule is [2H]C1([2H])CN(c2ccc(N3C[C@H](CN)OC3=O)cc2F)CC([2H])([2H])O1. The van der Waals surface area contributed by atoms with Crippen LogP contribution in [0.25, 0.3) is 0 Å². The van der Waals surface area contributed by atoms with Crippen molar-refractivity contribution in [3.63, 3.8) is 0 Å². The Hall–Kier alpha value is -1.86. The van der Waals surface area contributed by atoms with E-state index >= 15 is 0 Å². The summed E-state index contributed by atoms with van der Waals surface area (Å²) in [5.74, 6) is -0.699. The van der Waals surface area contributed by atoms with Gasteiger partial charge in [-0.1, -0.05) is 0 Å². The molecule has 0 bridgehead atoms. The number of halogens is 1. The number of amides is 1. The summed E-state index contributed by atoms with van der Waals surface area (Å²) in [6.07, 6.45) is -1.06. The van der Waals surface area contributed by atoms with Gasteiger partial charge in [0.15, 0.2) is 0 Å². The molecule has 0 aromatic heterocycles. The van der Waals surface area contributed by atoms with Gasteiger partial charge in [0.2, 0.25) is 0 Å². The number of cyclic esters (lactones) is 1. The van der Waals surface area contributed by atoms with Gasteiger partial charge in [-0.05, 0) is 18.2 Å². The molecule has 1 amide bonds. The first-order valence-electron chi connectivity index (χ1n) is 8.53. The highest BCUT2D eigenvalue weighted by Gasteiger charge is 2.32. The van der Waals surface area contributed by atoms with Crippen molar-refractivity contribution in [2.75, 3.05) is 49.1 Å². The van der Waals surface area contributed by atoms with E-state index in [-0.39, 0.29) is 31.9 Å². The van der Waals surface area contributed by atoms with Gasteiger partial charge in [-0.2, -0.15) is 0 Å². The van der Waals surface area contributed by atoms with Gasteiger partial charge in [-0.15, -0.1) is 0 Å². The third-order valence-corrected chi connectivity index (χ3v) is 3.38. The van der Waals surface area contributed by atoms with Crippen LogP contribution in [0.3, 0.4) is 0 Å². The summed E-state index contributed by atoms with van der Waals surface area (Å²) in [4.78, 5) is 14.3. The molecule has 2 aliphatic heterocycles. The highest BCUT2D eigenvalue weighted by molar-refractivity contribution is 5.90. The first-order chi connectivity index (χ1) is 11.6. The van der Waals surface area contributed by atoms with Gasteiger partial charge in [0.25, 0.3) is 0 Å². The molecule has 2 N–H and O–H groups in total. The normalized spacial score (nSPS) is 30.2. The molecule has 1 aromatic rings. The molecule has 2 heterocycles. The third-order valence-electron chi connectivity index (χ3n) is 3.38. The summed E-state index contributed by atoms with van der Waals surface area (Å²) in [5, 5.41) is 0. The fourth-order valence-corrected chi connectivity index (χ4v) is 2.27. The second-order valence-corrected chi connectivity index (χ2v) is 4.73. The van der Waals surface area contributed by atoms with Crippen LogP contribution in [0, 0.1) is 5.82 Å². The van der Waals surface area contributed by atoms with Crippen LogP contribution in [0.2, 0.25) is 0 Å². The molecule has 0 radical (unpaired) electrons. The molecule has 0 saturated carbocycles. The van der Waals surface area contributed by atoms with Gasteiger partial charge in [0.05, 0.1) is 36.5 Å². The first kappa shape index (κ1) is 9.97. The van der Waals surface area contributed by atoms with E-state index in [0.29, 0.717) is 5.69 Å². The quantitative estimate of drug-likeness (QED) is 0.900. The maximum Gasteiger partial charge on any atom is 0.414 e. The largest absolute Gasteiger partial charge is 0.443 e. The monoisotopic (exact) mass is 299 g/mol. The van der Waals surface area contributed by atoms with Crippen molar-refractivity contribution >= 4 is 17.5 Å². The summed E-state index contributed by atoms with van der Waals surface area (Å²) in [6.45, 7) is -4.75. The molecule has 6 nitrogen and oxygen atoms in total. The Labute approximate surface area is 127 Å². The average molecular weight is 299 g/mol. The Bertz CT molecular complexity index is 675. The number of hydrogen-bond donors (Lipinski definition) is 1. The fraction of sp³-hybridized carbons (Fsp3) is 0.500. The third kappa shape index (κ3) is 2.79. The molecule has 2 fully saturated rings. The predicted molar refractivity (Wildman–Crippen MR) is 76.1 cm³/mol. The number of nitrogens with zero attached hydrogens (tertiary/aromatic N) is 2. The summed E-state index contributed by atoms with van der Waals surface area (Å²) < 4.78 is 54.9. The minimum absolute atomic E-state index is 0.0303. The lowest BCUT2D eigenvalue weighted by Crippen LogP contribution is -2.36. The average Bonchev–Trinajstić information content (AvgIpc) is 2.85. The summed E-state index contributed by atoms with van der Waals surface area (Å²) in [7, 11) is 0. The molecule has 1 aromatic carbocycles. The molecule has 0 spiro atoms. The topological polar surface area (TPSA) is 68.0 Å². The highest BCUT2D eigenvalue weighted by Crippen LogP contribution is 2.28. The second-order valence-electron chi connectivity index (χ2n) is 4.73. The van der Waals surface area contributed by atoms with Gasteiger partial charge >= 0.3 is 6.09 Å². The van der Waals surface area contributed by atoms with Crippen molar-refractivity contribution in [1.82, 2.24) is 0 Å². The van der Waals surface area contributed by atoms with Gasteiger partial charge in [-0.3, -0.25) is 4.90 Å². The number of anilines is 2. The number of carbonyl (C=O) groups is 1. The van der Waals surface area contributed by atoms with Gasteiger partial charge in [-0.25, -0.2) is 9.18 Å². The van der Waals surface area contributed by atoms with Crippen LogP contribution in [0.15, 0.2) is 18.2 Å². The summed E-state index contributed by atoms with van der Waals surface area (Å²) in [5.41, 5.74) is 5.79. The van der Waals surface area contributed by atoms with Crippen LogP contribution in [-0.4, -0.2) is 51.5 Å². The standard InChI is InChI=1S/C14H18FN3O3/c15-12-7-10(18-9-11(8-16)21-14(18)19)1-2-13(12)17-3-5-20-6-4-17/h1-2,7,11H,3-6,8-9,16H2/t11-/m0/s1/i5D2,6D2. The molecular weight excluding hydrogens is 277 g/mol. The Kier molecular flexibility index (Phi) is 2.78. The number of hydrogen-bond acceptors (Lipinski definition) is 5. The molecule has 2 saturated heterocycles. The Morgan fingerprint density at radius 1 is 1.43 bits per heavy atom. The molecule has 114 valence electrons. The van der Waals surface area contributed by atoms with E-state index in [1.165, 1.54) is 21.9 Å². The lowest BCUT2D eigenvalue weighted by molar-refractivity contribution is 0.122. The van der Waals surface area contributed by atoms with Gasteiger partial charge < -0.3 is 20.1 Å². The summed E-state index contributed by atoms with van der Waals surface area (Å²) in [6, 6.07) is 4.01. The van der Waals surface area contributed by atoms with Crippen LogP contribution < -0.4 is 15.5 Å². The number of morpholine rings is 1. The van der Waals surface area contributed by atoms with Crippen molar-refractivity contribution in [3.8, 4) is 0 Å².